The van der Waals surface area contributed by atoms with Crippen LogP contribution in [0.25, 0.3) is 0 Å². The van der Waals surface area contributed by atoms with Crippen molar-refractivity contribution in [2.24, 2.45) is 0 Å². The first-order chi connectivity index (χ1) is 13.1. The van der Waals surface area contributed by atoms with E-state index < -0.39 is 18.8 Å². The Morgan fingerprint density at radius 3 is 2.29 bits per heavy atom. The zero-order valence-corrected chi connectivity index (χ0v) is 18.2. The molecule has 0 aliphatic rings. The number of ether oxygens (including phenoxy) is 1. The second kappa shape index (κ2) is 9.59. The molecule has 0 N–H and O–H groups in total. The minimum atomic E-state index is -6.15. The molecule has 0 spiro atoms. The molecule has 154 valence electrons. The summed E-state index contributed by atoms with van der Waals surface area (Å²) in [6, 6.07) is 10.9. The number of benzene rings is 2. The van der Waals surface area contributed by atoms with Gasteiger partial charge in [-0.2, -0.15) is 8.78 Å². The molecule has 0 aliphatic carbocycles. The summed E-state index contributed by atoms with van der Waals surface area (Å²) in [4.78, 5) is 22.2. The molecule has 0 heterocycles. The third-order valence-electron chi connectivity index (χ3n) is 4.60. The highest BCUT2D eigenvalue weighted by Crippen LogP contribution is 2.55. The summed E-state index contributed by atoms with van der Waals surface area (Å²) in [5, 5.41) is 0. The summed E-state index contributed by atoms with van der Waals surface area (Å²) < 4.78 is 45.3. The predicted octanol–water partition coefficient (Wildman–Crippen LogP) is 4.30. The van der Waals surface area contributed by atoms with E-state index in [1.807, 2.05) is 30.3 Å². The second-order valence-electron chi connectivity index (χ2n) is 6.39. The van der Waals surface area contributed by atoms with Gasteiger partial charge >= 0.3 is 0 Å². The normalized spacial score (nSPS) is 12.4. The van der Waals surface area contributed by atoms with Crippen LogP contribution in [0, 0.1) is 0 Å². The fraction of sp³-hybridized carbons (Fsp3) is 0.400. The highest BCUT2D eigenvalue weighted by atomic mass is 79.9. The highest BCUT2D eigenvalue weighted by Gasteiger charge is 2.39. The van der Waals surface area contributed by atoms with Crippen LogP contribution in [0.5, 0.6) is 0 Å². The third kappa shape index (κ3) is 5.08. The lowest BCUT2D eigenvalue weighted by Gasteiger charge is -2.38. The molecule has 0 aromatic heterocycles. The van der Waals surface area contributed by atoms with Crippen LogP contribution in [0.2, 0.25) is 0 Å². The van der Waals surface area contributed by atoms with Crippen LogP contribution in [0.15, 0.2) is 40.9 Å². The minimum absolute atomic E-state index is 0.0502. The molecule has 4 nitrogen and oxygen atoms in total. The predicted molar refractivity (Wildman–Crippen MR) is 104 cm³/mol. The van der Waals surface area contributed by atoms with E-state index in [1.165, 1.54) is 0 Å². The van der Waals surface area contributed by atoms with Gasteiger partial charge in [-0.05, 0) is 63.5 Å². The molecule has 28 heavy (non-hydrogen) atoms. The van der Waals surface area contributed by atoms with Crippen LogP contribution < -0.4 is 9.79 Å². The van der Waals surface area contributed by atoms with Gasteiger partial charge in [0.25, 0.3) is 5.66 Å². The molecule has 8 heteroatoms. The lowest BCUT2D eigenvalue weighted by atomic mass is 9.95. The fourth-order valence-electron chi connectivity index (χ4n) is 3.05. The summed E-state index contributed by atoms with van der Waals surface area (Å²) in [5.74, 6) is 0. The van der Waals surface area contributed by atoms with Crippen LogP contribution in [0.1, 0.15) is 41.7 Å². The van der Waals surface area contributed by atoms with E-state index in [4.69, 9.17) is 4.74 Å². The zero-order chi connectivity index (χ0) is 20.9. The maximum Gasteiger partial charge on any atom is 0.297 e. The topological polar surface area (TPSA) is 72.4 Å². The van der Waals surface area contributed by atoms with E-state index in [0.717, 1.165) is 23.6 Å². The number of halogens is 3. The Labute approximate surface area is 172 Å². The van der Waals surface area contributed by atoms with E-state index in [0.29, 0.717) is 30.6 Å². The summed E-state index contributed by atoms with van der Waals surface area (Å²) >= 11 is 3.10. The lowest BCUT2D eigenvalue weighted by Crippen LogP contribution is -2.30. The smallest absolute Gasteiger partial charge is 0.297 e. The number of hydrogen-bond donors (Lipinski definition) is 0. The molecule has 0 saturated heterocycles. The SMILES string of the molecule is CCc1cc(C(F)(F)P(=O)([O-])[O-])c(Br)c(CC)c1COCCc1ccccc1. The first-order valence-electron chi connectivity index (χ1n) is 8.98. The molecule has 0 aliphatic heterocycles. The van der Waals surface area contributed by atoms with Crippen LogP contribution >= 0.6 is 23.5 Å². The summed E-state index contributed by atoms with van der Waals surface area (Å²) in [6.45, 7) is 4.24. The summed E-state index contributed by atoms with van der Waals surface area (Å²) in [6.07, 6.45) is 1.51. The molecule has 0 radical (unpaired) electrons. The van der Waals surface area contributed by atoms with Crippen LogP contribution in [0.4, 0.5) is 8.78 Å². The molecule has 0 bridgehead atoms. The molecular weight excluding hydrogens is 453 g/mol. The minimum Gasteiger partial charge on any atom is -0.806 e. The van der Waals surface area contributed by atoms with Crippen molar-refractivity contribution < 1.29 is 27.9 Å². The Morgan fingerprint density at radius 1 is 1.11 bits per heavy atom. The van der Waals surface area contributed by atoms with Crippen LogP contribution in [-0.2, 0) is 40.8 Å². The van der Waals surface area contributed by atoms with E-state index in [1.54, 1.807) is 13.8 Å². The molecule has 0 saturated carbocycles. The Morgan fingerprint density at radius 2 is 1.75 bits per heavy atom. The average Bonchev–Trinajstić information content (AvgIpc) is 2.65. The van der Waals surface area contributed by atoms with Gasteiger partial charge in [-0.15, -0.1) is 0 Å². The third-order valence-corrected chi connectivity index (χ3v) is 6.43. The number of rotatable bonds is 9. The van der Waals surface area contributed by atoms with E-state index in [9.17, 15) is 23.1 Å². The van der Waals surface area contributed by atoms with E-state index in [-0.39, 0.29) is 11.1 Å². The fourth-order valence-corrected chi connectivity index (χ4v) is 4.56. The molecule has 0 atom stereocenters. The number of aryl methyl sites for hydroxylation is 1. The van der Waals surface area contributed by atoms with Gasteiger partial charge in [0.2, 0.25) is 0 Å². The molecular formula is C20H22BrF2O4P-2. The molecule has 2 aromatic rings. The van der Waals surface area contributed by atoms with Gasteiger partial charge in [0, 0.05) is 17.6 Å². The Bertz CT molecular complexity index is 853. The van der Waals surface area contributed by atoms with Gasteiger partial charge in [0.15, 0.2) is 0 Å². The van der Waals surface area contributed by atoms with Crippen molar-refractivity contribution in [2.75, 3.05) is 6.61 Å². The number of hydrogen-bond acceptors (Lipinski definition) is 4. The summed E-state index contributed by atoms with van der Waals surface area (Å²) in [5.41, 5.74) is -2.33. The Kier molecular flexibility index (Phi) is 7.94. The number of alkyl halides is 2. The Hall–Kier alpha value is -1.11. The van der Waals surface area contributed by atoms with Crippen molar-refractivity contribution in [1.29, 1.82) is 0 Å². The average molecular weight is 475 g/mol. The van der Waals surface area contributed by atoms with Crippen molar-refractivity contribution in [3.05, 3.63) is 68.7 Å². The van der Waals surface area contributed by atoms with Crippen molar-refractivity contribution in [3.63, 3.8) is 0 Å². The lowest BCUT2D eigenvalue weighted by molar-refractivity contribution is -0.335. The summed E-state index contributed by atoms with van der Waals surface area (Å²) in [7, 11) is -6.15. The van der Waals surface area contributed by atoms with E-state index in [2.05, 4.69) is 15.9 Å². The van der Waals surface area contributed by atoms with Gasteiger partial charge in [-0.25, -0.2) is 0 Å². The van der Waals surface area contributed by atoms with Crippen molar-refractivity contribution in [2.45, 2.75) is 45.4 Å². The maximum atomic E-state index is 14.2. The molecule has 0 unspecified atom stereocenters. The van der Waals surface area contributed by atoms with Crippen molar-refractivity contribution in [1.82, 2.24) is 0 Å². The Balaban J connectivity index is 2.29. The van der Waals surface area contributed by atoms with Gasteiger partial charge in [0.05, 0.1) is 13.2 Å². The maximum absolute atomic E-state index is 14.2. The standard InChI is InChI=1S/C20H24BrF2O4P/c1-3-15-12-18(20(22,23)28(24,25)26)19(21)16(4-2)17(15)13-27-11-10-14-8-6-5-7-9-14/h5-9,12H,3-4,10-11,13H2,1-2H3,(H2,24,25,26)/p-2. The van der Waals surface area contributed by atoms with Crippen LogP contribution in [0.3, 0.4) is 0 Å². The molecule has 0 amide bonds. The van der Waals surface area contributed by atoms with Gasteiger partial charge in [-0.3, -0.25) is 0 Å². The molecule has 2 rings (SSSR count). The van der Waals surface area contributed by atoms with Crippen LogP contribution in [-0.4, -0.2) is 6.61 Å². The van der Waals surface area contributed by atoms with Crippen molar-refractivity contribution >= 4 is 23.5 Å². The van der Waals surface area contributed by atoms with E-state index >= 15 is 0 Å². The molecule has 2 aromatic carbocycles. The van der Waals surface area contributed by atoms with Crippen molar-refractivity contribution in [3.8, 4) is 0 Å². The first kappa shape index (κ1) is 23.2. The van der Waals surface area contributed by atoms with Gasteiger partial charge in [0.1, 0.15) is 0 Å². The monoisotopic (exact) mass is 474 g/mol. The zero-order valence-electron chi connectivity index (χ0n) is 15.7. The molecule has 0 fully saturated rings. The van der Waals surface area contributed by atoms with Gasteiger partial charge < -0.3 is 19.1 Å². The van der Waals surface area contributed by atoms with Gasteiger partial charge in [-0.1, -0.05) is 44.2 Å². The highest BCUT2D eigenvalue weighted by molar-refractivity contribution is 9.10. The quantitative estimate of drug-likeness (QED) is 0.401. The first-order valence-corrected chi connectivity index (χ1v) is 11.3. The largest absolute Gasteiger partial charge is 0.806 e. The second-order valence-corrected chi connectivity index (χ2v) is 8.74.